The molecule has 4 atom stereocenters. The molecule has 0 heterocycles. The second-order valence-corrected chi connectivity index (χ2v) is 11.2. The summed E-state index contributed by atoms with van der Waals surface area (Å²) in [6, 6.07) is -1.96. The zero-order valence-electron chi connectivity index (χ0n) is 26.5. The van der Waals surface area contributed by atoms with Gasteiger partial charge in [-0.25, -0.2) is 9.59 Å². The molecule has 0 aliphatic carbocycles. The van der Waals surface area contributed by atoms with E-state index in [0.29, 0.717) is 0 Å². The van der Waals surface area contributed by atoms with E-state index in [0.717, 1.165) is 0 Å². The Labute approximate surface area is 248 Å². The molecule has 0 aliphatic rings. The number of hydrogen-bond acceptors (Lipinski definition) is 9. The van der Waals surface area contributed by atoms with Gasteiger partial charge in [0.25, 0.3) is 0 Å². The number of carbonyl (C=O) groups is 7. The molecular formula is C28H49N5O9. The lowest BCUT2D eigenvalue weighted by atomic mass is 9.93. The van der Waals surface area contributed by atoms with Crippen LogP contribution in [0.4, 0.5) is 0 Å². The Morgan fingerprint density at radius 3 is 1.40 bits per heavy atom. The first-order valence-corrected chi connectivity index (χ1v) is 14.1. The predicted octanol–water partition coefficient (Wildman–Crippen LogP) is 0.0802. The number of amides is 5. The van der Waals surface area contributed by atoms with Crippen molar-refractivity contribution in [2.75, 3.05) is 19.8 Å². The van der Waals surface area contributed by atoms with Crippen molar-refractivity contribution in [3.8, 4) is 0 Å². The minimum atomic E-state index is -1.72. The fraction of sp³-hybridized carbons (Fsp3) is 0.750. The first-order valence-electron chi connectivity index (χ1n) is 14.1. The average Bonchev–Trinajstić information content (AvgIpc) is 2.84. The molecule has 0 fully saturated rings. The van der Waals surface area contributed by atoms with E-state index >= 15 is 0 Å². The first-order chi connectivity index (χ1) is 19.3. The lowest BCUT2D eigenvalue weighted by Gasteiger charge is -2.33. The van der Waals surface area contributed by atoms with Gasteiger partial charge in [-0.05, 0) is 46.0 Å². The summed E-state index contributed by atoms with van der Waals surface area (Å²) in [4.78, 5) is 87.9. The third-order valence-corrected chi connectivity index (χ3v) is 6.36. The van der Waals surface area contributed by atoms with Crippen molar-refractivity contribution in [1.29, 1.82) is 0 Å². The van der Waals surface area contributed by atoms with E-state index in [1.165, 1.54) is 27.7 Å². The molecule has 0 spiro atoms. The summed E-state index contributed by atoms with van der Waals surface area (Å²) in [5, 5.41) is 12.8. The van der Waals surface area contributed by atoms with Gasteiger partial charge in [-0.1, -0.05) is 27.7 Å². The largest absolute Gasteiger partial charge is 0.464 e. The molecule has 240 valence electrons. The van der Waals surface area contributed by atoms with Gasteiger partial charge in [0.1, 0.15) is 23.2 Å². The number of carbonyl (C=O) groups excluding carboxylic acids is 7. The Balaban J connectivity index is 5.68. The highest BCUT2D eigenvalue weighted by atomic mass is 16.5. The van der Waals surface area contributed by atoms with Crippen LogP contribution in [0.2, 0.25) is 0 Å². The molecule has 0 unspecified atom stereocenters. The highest BCUT2D eigenvalue weighted by molar-refractivity contribution is 5.97. The quantitative estimate of drug-likeness (QED) is 0.144. The van der Waals surface area contributed by atoms with E-state index in [1.54, 1.807) is 41.5 Å². The van der Waals surface area contributed by atoms with Crippen LogP contribution in [0.15, 0.2) is 0 Å². The van der Waals surface area contributed by atoms with Crippen molar-refractivity contribution in [3.63, 3.8) is 0 Å². The average molecular weight is 600 g/mol. The van der Waals surface area contributed by atoms with E-state index in [-0.39, 0.29) is 38.0 Å². The van der Waals surface area contributed by atoms with Gasteiger partial charge >= 0.3 is 11.9 Å². The maximum absolute atomic E-state index is 13.2. The van der Waals surface area contributed by atoms with Gasteiger partial charge in [-0.3, -0.25) is 24.0 Å². The summed E-state index contributed by atoms with van der Waals surface area (Å²) in [5.74, 6) is -5.03. The van der Waals surface area contributed by atoms with E-state index in [2.05, 4.69) is 26.6 Å². The summed E-state index contributed by atoms with van der Waals surface area (Å²) in [6.07, 6.45) is -0.563. The summed E-state index contributed by atoms with van der Waals surface area (Å²) in [7, 11) is 0. The van der Waals surface area contributed by atoms with Crippen LogP contribution in [0, 0.1) is 11.8 Å². The Bertz CT molecular complexity index is 1000. The molecular weight excluding hydrogens is 550 g/mol. The van der Waals surface area contributed by atoms with Gasteiger partial charge < -0.3 is 36.1 Å². The van der Waals surface area contributed by atoms with Gasteiger partial charge in [0.05, 0.1) is 19.6 Å². The number of nitrogens with one attached hydrogen (secondary N) is 5. The fourth-order valence-corrected chi connectivity index (χ4v) is 4.09. The molecule has 0 saturated heterocycles. The van der Waals surface area contributed by atoms with Gasteiger partial charge in [-0.15, -0.1) is 0 Å². The molecule has 5 N–H and O–H groups in total. The summed E-state index contributed by atoms with van der Waals surface area (Å²) in [5.41, 5.74) is -3.24. The lowest BCUT2D eigenvalue weighted by molar-refractivity contribution is -0.150. The number of esters is 2. The SMILES string of the molecule is CCOC(=O)[C@@H](NC(=O)[C@@](C)(CC(=O)NCC[C@](C)(NC(C)=O)C(=O)N[C@H](C(=O)OCC)C(C)C)NC(C)=O)C(C)C. The molecule has 0 saturated carbocycles. The van der Waals surface area contributed by atoms with Crippen LogP contribution in [0.25, 0.3) is 0 Å². The van der Waals surface area contributed by atoms with E-state index in [1.807, 2.05) is 0 Å². The first kappa shape index (κ1) is 38.3. The summed E-state index contributed by atoms with van der Waals surface area (Å²) < 4.78 is 10.1. The molecule has 42 heavy (non-hydrogen) atoms. The summed E-state index contributed by atoms with van der Waals surface area (Å²) in [6.45, 7) is 15.5. The minimum absolute atomic E-state index is 0.0703. The Morgan fingerprint density at radius 1 is 0.667 bits per heavy atom. The van der Waals surface area contributed by atoms with E-state index < -0.39 is 71.1 Å². The van der Waals surface area contributed by atoms with Crippen LogP contribution in [0.5, 0.6) is 0 Å². The monoisotopic (exact) mass is 599 g/mol. The van der Waals surface area contributed by atoms with E-state index in [9.17, 15) is 33.6 Å². The fourth-order valence-electron chi connectivity index (χ4n) is 4.09. The lowest BCUT2D eigenvalue weighted by Crippen LogP contribution is -2.62. The maximum atomic E-state index is 13.2. The van der Waals surface area contributed by atoms with Crippen molar-refractivity contribution in [2.24, 2.45) is 11.8 Å². The standard InChI is InChI=1S/C28H49N5O9/c1-11-41-23(37)21(16(3)4)30-25(39)27(9,32-18(7)34)13-14-29-20(36)15-28(10,33-19(8)35)26(40)31-22(17(5)6)24(38)42-12-2/h16-17,21-22H,11-15H2,1-10H3,(H,29,36)(H,30,39)(H,31,40)(H,32,34)(H,33,35)/t21-,22-,27-,28+/m0/s1. The summed E-state index contributed by atoms with van der Waals surface area (Å²) >= 11 is 0. The number of ether oxygens (including phenoxy) is 2. The van der Waals surface area contributed by atoms with Crippen LogP contribution in [-0.4, -0.2) is 84.4 Å². The van der Waals surface area contributed by atoms with Gasteiger partial charge in [0, 0.05) is 20.4 Å². The number of rotatable bonds is 17. The zero-order chi connectivity index (χ0) is 32.8. The topological polar surface area (TPSA) is 198 Å². The second kappa shape index (κ2) is 17.3. The minimum Gasteiger partial charge on any atom is -0.464 e. The smallest absolute Gasteiger partial charge is 0.328 e. The zero-order valence-corrected chi connectivity index (χ0v) is 26.5. The Morgan fingerprint density at radius 2 is 1.05 bits per heavy atom. The van der Waals surface area contributed by atoms with Crippen molar-refractivity contribution in [2.45, 2.75) is 105 Å². The molecule has 14 heteroatoms. The maximum Gasteiger partial charge on any atom is 0.328 e. The van der Waals surface area contributed by atoms with Crippen molar-refractivity contribution in [1.82, 2.24) is 26.6 Å². The van der Waals surface area contributed by atoms with Gasteiger partial charge in [-0.2, -0.15) is 0 Å². The molecule has 14 nitrogen and oxygen atoms in total. The van der Waals surface area contributed by atoms with E-state index in [4.69, 9.17) is 9.47 Å². The third kappa shape index (κ3) is 12.4. The van der Waals surface area contributed by atoms with Crippen LogP contribution in [0.1, 0.15) is 82.1 Å². The normalized spacial score (nSPS) is 15.2. The molecule has 5 amide bonds. The highest BCUT2D eigenvalue weighted by Crippen LogP contribution is 2.15. The molecule has 0 radical (unpaired) electrons. The Kier molecular flexibility index (Phi) is 15.8. The van der Waals surface area contributed by atoms with Crippen LogP contribution in [0.3, 0.4) is 0 Å². The molecule has 0 aromatic carbocycles. The van der Waals surface area contributed by atoms with Crippen LogP contribution < -0.4 is 26.6 Å². The third-order valence-electron chi connectivity index (χ3n) is 6.36. The van der Waals surface area contributed by atoms with Crippen molar-refractivity contribution in [3.05, 3.63) is 0 Å². The van der Waals surface area contributed by atoms with Gasteiger partial charge in [0.15, 0.2) is 0 Å². The van der Waals surface area contributed by atoms with Gasteiger partial charge in [0.2, 0.25) is 29.5 Å². The number of hydrogen-bond donors (Lipinski definition) is 5. The molecule has 0 aliphatic heterocycles. The predicted molar refractivity (Wildman–Crippen MR) is 153 cm³/mol. The molecule has 0 bridgehead atoms. The van der Waals surface area contributed by atoms with Crippen LogP contribution >= 0.6 is 0 Å². The second-order valence-electron chi connectivity index (χ2n) is 11.2. The highest BCUT2D eigenvalue weighted by Gasteiger charge is 2.41. The van der Waals surface area contributed by atoms with Crippen molar-refractivity contribution >= 4 is 41.5 Å². The molecule has 0 aromatic rings. The Hall–Kier alpha value is -3.71. The molecule has 0 rings (SSSR count). The van der Waals surface area contributed by atoms with Crippen LogP contribution in [-0.2, 0) is 43.0 Å². The van der Waals surface area contributed by atoms with Crippen molar-refractivity contribution < 1.29 is 43.0 Å². The molecule has 0 aromatic heterocycles.